The van der Waals surface area contributed by atoms with Crippen molar-refractivity contribution in [1.82, 2.24) is 0 Å². The van der Waals surface area contributed by atoms with Crippen LogP contribution < -0.4 is 29.6 Å². The molecule has 0 saturated heterocycles. The van der Waals surface area contributed by atoms with E-state index in [4.69, 9.17) is 4.74 Å². The van der Waals surface area contributed by atoms with Crippen molar-refractivity contribution in [2.45, 2.75) is 70.0 Å². The minimum absolute atomic E-state index is 0. The van der Waals surface area contributed by atoms with Gasteiger partial charge < -0.3 is 14.0 Å². The van der Waals surface area contributed by atoms with E-state index in [-0.39, 0.29) is 42.8 Å². The molecule has 9 heteroatoms. The number of carbonyl (C=O) groups is 2. The van der Waals surface area contributed by atoms with Gasteiger partial charge in [-0.1, -0.05) is 51.5 Å². The van der Waals surface area contributed by atoms with Gasteiger partial charge in [0.15, 0.2) is 5.25 Å². The van der Waals surface area contributed by atoms with Crippen molar-refractivity contribution in [3.8, 4) is 0 Å². The van der Waals surface area contributed by atoms with E-state index in [1.165, 1.54) is 25.3 Å². The Morgan fingerprint density at radius 1 is 1.04 bits per heavy atom. The summed E-state index contributed by atoms with van der Waals surface area (Å²) < 4.78 is 43.0. The van der Waals surface area contributed by atoms with Gasteiger partial charge in [0.05, 0.1) is 19.6 Å². The molecule has 1 unspecified atom stereocenters. The summed E-state index contributed by atoms with van der Waals surface area (Å²) in [5, 5.41) is -2.07. The van der Waals surface area contributed by atoms with Crippen LogP contribution in [0.1, 0.15) is 64.7 Å². The van der Waals surface area contributed by atoms with Crippen molar-refractivity contribution in [1.29, 1.82) is 0 Å². The summed E-state index contributed by atoms with van der Waals surface area (Å²) in [4.78, 5) is 23.3. The van der Waals surface area contributed by atoms with Gasteiger partial charge in [0.2, 0.25) is 0 Å². The molecular formula is C17H29NaO7S. The Morgan fingerprint density at radius 3 is 2.15 bits per heavy atom. The fourth-order valence-electron chi connectivity index (χ4n) is 2.09. The third-order valence-corrected chi connectivity index (χ3v) is 4.60. The molecule has 0 aromatic carbocycles. The molecule has 0 fully saturated rings. The molecule has 0 saturated carbocycles. The van der Waals surface area contributed by atoms with Gasteiger partial charge in [-0.25, -0.2) is 8.42 Å². The first-order chi connectivity index (χ1) is 11.8. The van der Waals surface area contributed by atoms with Crippen LogP contribution in [0.15, 0.2) is 12.7 Å². The first-order valence-corrected chi connectivity index (χ1v) is 10.2. The Labute approximate surface area is 178 Å². The Balaban J connectivity index is 0. The van der Waals surface area contributed by atoms with Crippen LogP contribution in [-0.2, 0) is 29.2 Å². The largest absolute Gasteiger partial charge is 1.00 e. The van der Waals surface area contributed by atoms with E-state index >= 15 is 0 Å². The summed E-state index contributed by atoms with van der Waals surface area (Å²) in [6.45, 7) is 5.61. The van der Waals surface area contributed by atoms with E-state index in [0.29, 0.717) is 12.8 Å². The molecule has 0 aliphatic heterocycles. The smallest absolute Gasteiger partial charge is 0.747 e. The number of unbranched alkanes of at least 4 members (excludes halogenated alkanes) is 6. The molecule has 1 atom stereocenters. The molecule has 0 spiro atoms. The van der Waals surface area contributed by atoms with Crippen molar-refractivity contribution >= 4 is 22.1 Å². The standard InChI is InChI=1S/C17H30O7S.Na/c1-3-5-7-8-9-10-11-13-23-16(18)14-15(25(20,21)22)17(19)24-12-6-4-2;/h4,15H,2-3,5-14H2,1H3,(H,20,21,22);/q;+1/p-1. The van der Waals surface area contributed by atoms with Crippen LogP contribution in [0.3, 0.4) is 0 Å². The van der Waals surface area contributed by atoms with E-state index in [1.807, 2.05) is 0 Å². The van der Waals surface area contributed by atoms with E-state index in [0.717, 1.165) is 19.3 Å². The fourth-order valence-corrected chi connectivity index (χ4v) is 2.74. The van der Waals surface area contributed by atoms with Crippen LogP contribution in [-0.4, -0.2) is 43.4 Å². The van der Waals surface area contributed by atoms with Gasteiger partial charge in [-0.15, -0.1) is 6.58 Å². The third kappa shape index (κ3) is 14.7. The SMILES string of the molecule is C=CCCOC(=O)C(CC(=O)OCCCCCCCCC)S(=O)(=O)[O-].[Na+]. The van der Waals surface area contributed by atoms with Gasteiger partial charge in [0.1, 0.15) is 10.1 Å². The molecule has 0 aliphatic rings. The first-order valence-electron chi connectivity index (χ1n) is 8.70. The molecule has 7 nitrogen and oxygen atoms in total. The second kappa shape index (κ2) is 16.7. The average Bonchev–Trinajstić information content (AvgIpc) is 2.54. The summed E-state index contributed by atoms with van der Waals surface area (Å²) in [6, 6.07) is 0. The van der Waals surface area contributed by atoms with Gasteiger partial charge in [0, 0.05) is 0 Å². The van der Waals surface area contributed by atoms with Crippen LogP contribution in [0, 0.1) is 0 Å². The number of hydrogen-bond donors (Lipinski definition) is 0. The van der Waals surface area contributed by atoms with Crippen molar-refractivity contribution in [2.75, 3.05) is 13.2 Å². The Hall–Kier alpha value is -0.410. The summed E-state index contributed by atoms with van der Waals surface area (Å²) in [5.74, 6) is -2.12. The molecule has 0 aliphatic carbocycles. The zero-order valence-electron chi connectivity index (χ0n) is 15.9. The van der Waals surface area contributed by atoms with Gasteiger partial charge in [-0.3, -0.25) is 9.59 Å². The number of carbonyl (C=O) groups excluding carboxylic acids is 2. The van der Waals surface area contributed by atoms with Crippen molar-refractivity contribution in [2.24, 2.45) is 0 Å². The fraction of sp³-hybridized carbons (Fsp3) is 0.765. The van der Waals surface area contributed by atoms with Crippen molar-refractivity contribution in [3.63, 3.8) is 0 Å². The quantitative estimate of drug-likeness (QED) is 0.122. The van der Waals surface area contributed by atoms with Crippen molar-refractivity contribution in [3.05, 3.63) is 12.7 Å². The van der Waals surface area contributed by atoms with Gasteiger partial charge in [-0.2, -0.15) is 0 Å². The molecule has 0 rings (SSSR count). The average molecular weight is 400 g/mol. The monoisotopic (exact) mass is 400 g/mol. The maximum absolute atomic E-state index is 11.7. The van der Waals surface area contributed by atoms with Crippen LogP contribution >= 0.6 is 0 Å². The molecule has 0 N–H and O–H groups in total. The topological polar surface area (TPSA) is 110 Å². The van der Waals surface area contributed by atoms with E-state index in [1.54, 1.807) is 0 Å². The third-order valence-electron chi connectivity index (χ3n) is 3.54. The minimum atomic E-state index is -5.00. The van der Waals surface area contributed by atoms with Crippen LogP contribution in [0.2, 0.25) is 0 Å². The van der Waals surface area contributed by atoms with E-state index in [9.17, 15) is 22.6 Å². The number of rotatable bonds is 15. The number of hydrogen-bond acceptors (Lipinski definition) is 7. The van der Waals surface area contributed by atoms with Crippen LogP contribution in [0.5, 0.6) is 0 Å². The molecule has 0 radical (unpaired) electrons. The molecule has 0 bridgehead atoms. The maximum Gasteiger partial charge on any atom is 1.00 e. The molecule has 146 valence electrons. The number of esters is 2. The Kier molecular flexibility index (Phi) is 17.9. The minimum Gasteiger partial charge on any atom is -0.747 e. The second-order valence-corrected chi connectivity index (χ2v) is 7.33. The molecular weight excluding hydrogens is 371 g/mol. The molecule has 0 heterocycles. The zero-order valence-corrected chi connectivity index (χ0v) is 18.7. The predicted octanol–water partition coefficient (Wildman–Crippen LogP) is -0.293. The normalized spacial score (nSPS) is 11.9. The zero-order chi connectivity index (χ0) is 19.1. The number of ether oxygens (including phenoxy) is 2. The molecule has 0 aromatic heterocycles. The van der Waals surface area contributed by atoms with Gasteiger partial charge in [0.25, 0.3) is 0 Å². The van der Waals surface area contributed by atoms with E-state index < -0.39 is 33.7 Å². The molecule has 0 amide bonds. The summed E-state index contributed by atoms with van der Waals surface area (Å²) in [5.41, 5.74) is 0. The van der Waals surface area contributed by atoms with Gasteiger partial charge >= 0.3 is 41.5 Å². The Morgan fingerprint density at radius 2 is 1.62 bits per heavy atom. The predicted molar refractivity (Wildman–Crippen MR) is 92.8 cm³/mol. The van der Waals surface area contributed by atoms with E-state index in [2.05, 4.69) is 18.2 Å². The second-order valence-electron chi connectivity index (χ2n) is 5.77. The summed E-state index contributed by atoms with van der Waals surface area (Å²) >= 11 is 0. The summed E-state index contributed by atoms with van der Waals surface area (Å²) in [6.07, 6.45) is 8.30. The molecule has 0 aromatic rings. The van der Waals surface area contributed by atoms with Gasteiger partial charge in [-0.05, 0) is 12.8 Å². The maximum atomic E-state index is 11.7. The van der Waals surface area contributed by atoms with Crippen LogP contribution in [0.25, 0.3) is 0 Å². The summed E-state index contributed by atoms with van der Waals surface area (Å²) in [7, 11) is -5.00. The Bertz CT molecular complexity index is 505. The molecule has 26 heavy (non-hydrogen) atoms. The van der Waals surface area contributed by atoms with Crippen molar-refractivity contribution < 1.29 is 61.6 Å². The van der Waals surface area contributed by atoms with Crippen LogP contribution in [0.4, 0.5) is 0 Å². The first kappa shape index (κ1) is 27.8.